The van der Waals surface area contributed by atoms with E-state index in [0.29, 0.717) is 16.6 Å². The number of aromatic carboxylic acids is 1. The van der Waals surface area contributed by atoms with Crippen molar-refractivity contribution < 1.29 is 19.4 Å². The largest absolute Gasteiger partial charge is 0.497 e. The number of hydrogen-bond donors (Lipinski definition) is 1. The van der Waals surface area contributed by atoms with E-state index in [2.05, 4.69) is 4.98 Å². The van der Waals surface area contributed by atoms with Crippen LogP contribution in [-0.2, 0) is 0 Å². The quantitative estimate of drug-likeness (QED) is 0.785. The van der Waals surface area contributed by atoms with Crippen molar-refractivity contribution in [2.75, 3.05) is 7.11 Å². The summed E-state index contributed by atoms with van der Waals surface area (Å²) in [6.45, 7) is 1.65. The van der Waals surface area contributed by atoms with E-state index in [1.54, 1.807) is 14.0 Å². The molecule has 0 saturated heterocycles. The highest BCUT2D eigenvalue weighted by Crippen LogP contribution is 2.31. The van der Waals surface area contributed by atoms with Crippen molar-refractivity contribution in [3.8, 4) is 16.7 Å². The third-order valence-electron chi connectivity index (χ3n) is 3.20. The molecule has 0 atom stereocenters. The number of thiazole rings is 1. The molecule has 0 unspecified atom stereocenters. The fraction of sp³-hybridized carbons (Fsp3) is 0.125. The molecule has 0 amide bonds. The molecule has 0 aliphatic rings. The summed E-state index contributed by atoms with van der Waals surface area (Å²) in [7, 11) is 1.62. The second kappa shape index (κ2) is 5.65. The summed E-state index contributed by atoms with van der Waals surface area (Å²) < 4.78 is 10.9. The lowest BCUT2D eigenvalue weighted by molar-refractivity contribution is 0.0701. The van der Waals surface area contributed by atoms with Crippen LogP contribution in [0.15, 0.2) is 36.4 Å². The predicted molar refractivity (Wildman–Crippen MR) is 84.4 cm³/mol. The molecule has 0 saturated carbocycles. The Bertz CT molecular complexity index is 856. The Labute approximate surface area is 130 Å². The van der Waals surface area contributed by atoms with Gasteiger partial charge in [-0.15, -0.1) is 0 Å². The Kier molecular flexibility index (Phi) is 3.68. The van der Waals surface area contributed by atoms with Crippen LogP contribution < -0.4 is 9.47 Å². The van der Waals surface area contributed by atoms with Gasteiger partial charge in [-0.05, 0) is 42.0 Å². The summed E-state index contributed by atoms with van der Waals surface area (Å²) in [5, 5.41) is 11.4. The minimum Gasteiger partial charge on any atom is -0.497 e. The number of carbonyl (C=O) groups is 1. The molecule has 0 aliphatic heterocycles. The number of aryl methyl sites for hydroxylation is 1. The van der Waals surface area contributed by atoms with Gasteiger partial charge in [0.1, 0.15) is 16.4 Å². The molecule has 0 radical (unpaired) electrons. The monoisotopic (exact) mass is 315 g/mol. The van der Waals surface area contributed by atoms with E-state index in [1.807, 2.05) is 36.4 Å². The second-order valence-corrected chi connectivity index (χ2v) is 5.64. The summed E-state index contributed by atoms with van der Waals surface area (Å²) >= 11 is 1.02. The third-order valence-corrected chi connectivity index (χ3v) is 4.22. The maximum absolute atomic E-state index is 11.0. The van der Waals surface area contributed by atoms with Crippen LogP contribution in [0.25, 0.3) is 10.8 Å². The Morgan fingerprint density at radius 3 is 2.45 bits per heavy atom. The Morgan fingerprint density at radius 1 is 1.14 bits per heavy atom. The molecule has 22 heavy (non-hydrogen) atoms. The van der Waals surface area contributed by atoms with Crippen LogP contribution in [0.4, 0.5) is 0 Å². The van der Waals surface area contributed by atoms with Gasteiger partial charge < -0.3 is 14.6 Å². The lowest BCUT2D eigenvalue weighted by Crippen LogP contribution is -1.94. The van der Waals surface area contributed by atoms with Crippen LogP contribution in [0.1, 0.15) is 15.4 Å². The predicted octanol–water partition coefficient (Wildman–Crippen LogP) is 4.10. The first kappa shape index (κ1) is 14.3. The number of benzene rings is 2. The number of carboxylic acids is 1. The van der Waals surface area contributed by atoms with Crippen molar-refractivity contribution in [3.63, 3.8) is 0 Å². The highest BCUT2D eigenvalue weighted by Gasteiger charge is 2.15. The van der Waals surface area contributed by atoms with Crippen LogP contribution in [0, 0.1) is 6.92 Å². The van der Waals surface area contributed by atoms with Crippen LogP contribution in [-0.4, -0.2) is 23.2 Å². The van der Waals surface area contributed by atoms with Crippen molar-refractivity contribution >= 4 is 28.1 Å². The number of nitrogens with zero attached hydrogens (tertiary/aromatic N) is 1. The van der Waals surface area contributed by atoms with Crippen molar-refractivity contribution in [1.82, 2.24) is 4.98 Å². The lowest BCUT2D eigenvalue weighted by Gasteiger charge is -2.05. The summed E-state index contributed by atoms with van der Waals surface area (Å²) in [5.74, 6) is 0.377. The van der Waals surface area contributed by atoms with E-state index in [-0.39, 0.29) is 4.88 Å². The molecule has 0 spiro atoms. The average molecular weight is 315 g/mol. The first-order chi connectivity index (χ1) is 10.6. The molecule has 0 fully saturated rings. The van der Waals surface area contributed by atoms with Gasteiger partial charge in [0.05, 0.1) is 12.8 Å². The lowest BCUT2D eigenvalue weighted by atomic mass is 10.1. The number of hydrogen-bond acceptors (Lipinski definition) is 5. The summed E-state index contributed by atoms with van der Waals surface area (Å²) in [4.78, 5) is 15.4. The zero-order valence-corrected chi connectivity index (χ0v) is 12.8. The highest BCUT2D eigenvalue weighted by atomic mass is 32.1. The van der Waals surface area contributed by atoms with Crippen molar-refractivity contribution in [1.29, 1.82) is 0 Å². The van der Waals surface area contributed by atoms with Gasteiger partial charge in [-0.1, -0.05) is 23.5 Å². The number of fused-ring (bicyclic) bond motifs is 1. The van der Waals surface area contributed by atoms with Gasteiger partial charge in [0, 0.05) is 0 Å². The molecule has 0 bridgehead atoms. The van der Waals surface area contributed by atoms with Crippen LogP contribution in [0.3, 0.4) is 0 Å². The zero-order chi connectivity index (χ0) is 15.7. The van der Waals surface area contributed by atoms with Crippen LogP contribution >= 0.6 is 11.3 Å². The molecular weight excluding hydrogens is 302 g/mol. The van der Waals surface area contributed by atoms with Crippen LogP contribution in [0.2, 0.25) is 0 Å². The molecule has 3 aromatic rings. The second-order valence-electron chi connectivity index (χ2n) is 4.68. The fourth-order valence-electron chi connectivity index (χ4n) is 2.11. The van der Waals surface area contributed by atoms with Crippen molar-refractivity contribution in [2.45, 2.75) is 6.92 Å². The Morgan fingerprint density at radius 2 is 1.82 bits per heavy atom. The molecule has 112 valence electrons. The average Bonchev–Trinajstić information content (AvgIpc) is 2.87. The summed E-state index contributed by atoms with van der Waals surface area (Å²) in [6, 6.07) is 11.4. The number of rotatable bonds is 4. The third kappa shape index (κ3) is 2.73. The number of methoxy groups -OCH3 is 1. The SMILES string of the molecule is COc1ccc2ccc(Oc3nc(C)c(C(=O)O)s3)cc2c1. The fourth-order valence-corrected chi connectivity index (χ4v) is 2.88. The smallest absolute Gasteiger partial charge is 0.347 e. The molecule has 0 aliphatic carbocycles. The maximum Gasteiger partial charge on any atom is 0.347 e. The summed E-state index contributed by atoms with van der Waals surface area (Å²) in [5.41, 5.74) is 0.454. The van der Waals surface area contributed by atoms with E-state index >= 15 is 0 Å². The van der Waals surface area contributed by atoms with Gasteiger partial charge >= 0.3 is 5.97 Å². The van der Waals surface area contributed by atoms with Crippen molar-refractivity contribution in [3.05, 3.63) is 47.0 Å². The van der Waals surface area contributed by atoms with Gasteiger partial charge in [0.15, 0.2) is 0 Å². The zero-order valence-electron chi connectivity index (χ0n) is 12.0. The van der Waals surface area contributed by atoms with Gasteiger partial charge in [-0.25, -0.2) is 9.78 Å². The van der Waals surface area contributed by atoms with Crippen molar-refractivity contribution in [2.24, 2.45) is 0 Å². The molecule has 1 N–H and O–H groups in total. The molecular formula is C16H13NO4S. The highest BCUT2D eigenvalue weighted by molar-refractivity contribution is 7.15. The first-order valence-electron chi connectivity index (χ1n) is 6.53. The Hall–Kier alpha value is -2.60. The van der Waals surface area contributed by atoms with E-state index < -0.39 is 5.97 Å². The topological polar surface area (TPSA) is 68.7 Å². The number of ether oxygens (including phenoxy) is 2. The summed E-state index contributed by atoms with van der Waals surface area (Å²) in [6.07, 6.45) is 0. The van der Waals surface area contributed by atoms with E-state index in [4.69, 9.17) is 14.6 Å². The molecule has 6 heteroatoms. The molecule has 1 heterocycles. The normalized spacial score (nSPS) is 10.6. The molecule has 2 aromatic carbocycles. The maximum atomic E-state index is 11.0. The standard InChI is InChI=1S/C16H13NO4S/c1-9-14(15(18)19)22-16(17-9)21-13-6-4-10-3-5-12(20-2)7-11(10)8-13/h3-8H,1-2H3,(H,18,19). The van der Waals surface area contributed by atoms with Gasteiger partial charge in [-0.3, -0.25) is 0 Å². The van der Waals surface area contributed by atoms with Gasteiger partial charge in [-0.2, -0.15) is 0 Å². The van der Waals surface area contributed by atoms with E-state index in [0.717, 1.165) is 27.9 Å². The van der Waals surface area contributed by atoms with Gasteiger partial charge in [0.2, 0.25) is 0 Å². The molecule has 1 aromatic heterocycles. The minimum absolute atomic E-state index is 0.192. The minimum atomic E-state index is -0.993. The van der Waals surface area contributed by atoms with E-state index in [1.165, 1.54) is 0 Å². The first-order valence-corrected chi connectivity index (χ1v) is 7.35. The number of aromatic nitrogens is 1. The number of carboxylic acid groups (broad SMARTS) is 1. The molecule has 5 nitrogen and oxygen atoms in total. The Balaban J connectivity index is 1.93. The van der Waals surface area contributed by atoms with E-state index in [9.17, 15) is 4.79 Å². The van der Waals surface area contributed by atoms with Crippen LogP contribution in [0.5, 0.6) is 16.7 Å². The molecule has 3 rings (SSSR count). The van der Waals surface area contributed by atoms with Gasteiger partial charge in [0.25, 0.3) is 5.19 Å².